The van der Waals surface area contributed by atoms with Crippen LogP contribution in [-0.4, -0.2) is 34.4 Å². The van der Waals surface area contributed by atoms with Gasteiger partial charge in [0.15, 0.2) is 9.99 Å². The highest BCUT2D eigenvalue weighted by atomic mass is 32.2. The van der Waals surface area contributed by atoms with Crippen molar-refractivity contribution in [1.82, 2.24) is 15.0 Å². The van der Waals surface area contributed by atoms with E-state index in [1.165, 1.54) is 0 Å². The van der Waals surface area contributed by atoms with Gasteiger partial charge in [0.25, 0.3) is 0 Å². The predicted molar refractivity (Wildman–Crippen MR) is 96.3 cm³/mol. The van der Waals surface area contributed by atoms with Crippen LogP contribution in [0.5, 0.6) is 0 Å². The Morgan fingerprint density at radius 3 is 2.83 bits per heavy atom. The number of nitrogens with zero attached hydrogens (tertiary/aromatic N) is 3. The molecule has 2 aromatic heterocycles. The molecule has 0 aliphatic carbocycles. The molecule has 3 aromatic rings. The third kappa shape index (κ3) is 3.80. The average molecular weight is 346 g/mol. The van der Waals surface area contributed by atoms with E-state index in [4.69, 9.17) is 4.74 Å². The van der Waals surface area contributed by atoms with E-state index in [0.29, 0.717) is 13.2 Å². The standard InChI is InChI=1S/C16H18N4OS2/c1-3-21-12(11-7-5-4-6-8-11)9-17-14-13-15(19-10-18-14)20-16(22-2)23-13/h4-8,10,12H,3,9H2,1-2H3,(H,17,18,19). The van der Waals surface area contributed by atoms with E-state index in [1.807, 2.05) is 31.4 Å². The Kier molecular flexibility index (Phi) is 5.43. The Balaban J connectivity index is 1.79. The van der Waals surface area contributed by atoms with Crippen LogP contribution in [0.4, 0.5) is 5.82 Å². The number of hydrogen-bond acceptors (Lipinski definition) is 7. The van der Waals surface area contributed by atoms with E-state index >= 15 is 0 Å². The van der Waals surface area contributed by atoms with Gasteiger partial charge in [-0.05, 0) is 18.7 Å². The minimum absolute atomic E-state index is 0.0147. The largest absolute Gasteiger partial charge is 0.372 e. The molecule has 0 aliphatic heterocycles. The molecule has 120 valence electrons. The van der Waals surface area contributed by atoms with E-state index in [2.05, 4.69) is 32.4 Å². The molecule has 3 rings (SSSR count). The molecule has 1 N–H and O–H groups in total. The zero-order valence-electron chi connectivity index (χ0n) is 13.0. The minimum atomic E-state index is -0.0147. The van der Waals surface area contributed by atoms with Gasteiger partial charge < -0.3 is 10.1 Å². The first-order valence-electron chi connectivity index (χ1n) is 7.37. The number of benzene rings is 1. The first-order chi connectivity index (χ1) is 11.3. The van der Waals surface area contributed by atoms with Gasteiger partial charge in [0.05, 0.1) is 6.10 Å². The Labute approximate surface area is 143 Å². The molecule has 0 fully saturated rings. The van der Waals surface area contributed by atoms with Gasteiger partial charge in [0, 0.05) is 13.2 Å². The minimum Gasteiger partial charge on any atom is -0.372 e. The Bertz CT molecular complexity index is 763. The molecule has 7 heteroatoms. The summed E-state index contributed by atoms with van der Waals surface area (Å²) in [7, 11) is 0. The van der Waals surface area contributed by atoms with Crippen molar-refractivity contribution in [2.24, 2.45) is 0 Å². The molecule has 0 spiro atoms. The van der Waals surface area contributed by atoms with Gasteiger partial charge in [-0.15, -0.1) is 11.3 Å². The van der Waals surface area contributed by atoms with E-state index in [0.717, 1.165) is 26.1 Å². The molecule has 0 bridgehead atoms. The van der Waals surface area contributed by atoms with Gasteiger partial charge in [-0.25, -0.2) is 15.0 Å². The number of ether oxygens (including phenoxy) is 1. The summed E-state index contributed by atoms with van der Waals surface area (Å²) < 4.78 is 7.85. The van der Waals surface area contributed by atoms with E-state index in [1.54, 1.807) is 29.4 Å². The Morgan fingerprint density at radius 1 is 1.26 bits per heavy atom. The highest BCUT2D eigenvalue weighted by molar-refractivity contribution is 8.00. The van der Waals surface area contributed by atoms with Gasteiger partial charge in [0.1, 0.15) is 16.8 Å². The first kappa shape index (κ1) is 16.2. The van der Waals surface area contributed by atoms with Crippen molar-refractivity contribution in [2.45, 2.75) is 17.4 Å². The zero-order chi connectivity index (χ0) is 16.1. The number of fused-ring (bicyclic) bond motifs is 1. The second-order valence-corrected chi connectivity index (χ2v) is 6.85. The number of nitrogens with one attached hydrogen (secondary N) is 1. The van der Waals surface area contributed by atoms with Crippen molar-refractivity contribution in [3.8, 4) is 0 Å². The molecule has 2 heterocycles. The molecule has 0 aliphatic rings. The van der Waals surface area contributed by atoms with Crippen LogP contribution in [0.25, 0.3) is 10.3 Å². The van der Waals surface area contributed by atoms with Crippen LogP contribution in [0.1, 0.15) is 18.6 Å². The Hall–Kier alpha value is -1.70. The molecule has 1 atom stereocenters. The zero-order valence-corrected chi connectivity index (χ0v) is 14.7. The second-order valence-electron chi connectivity index (χ2n) is 4.79. The van der Waals surface area contributed by atoms with Crippen molar-refractivity contribution >= 4 is 39.3 Å². The second kappa shape index (κ2) is 7.72. The maximum atomic E-state index is 5.87. The summed E-state index contributed by atoms with van der Waals surface area (Å²) in [6.45, 7) is 3.32. The van der Waals surface area contributed by atoms with Crippen molar-refractivity contribution in [2.75, 3.05) is 24.7 Å². The van der Waals surface area contributed by atoms with Crippen LogP contribution in [0, 0.1) is 0 Å². The number of thiazole rings is 1. The summed E-state index contributed by atoms with van der Waals surface area (Å²) in [5, 5.41) is 3.39. The normalized spacial score (nSPS) is 12.4. The fraction of sp³-hybridized carbons (Fsp3) is 0.312. The van der Waals surface area contributed by atoms with Crippen LogP contribution in [0.2, 0.25) is 0 Å². The summed E-state index contributed by atoms with van der Waals surface area (Å²) >= 11 is 3.23. The highest BCUT2D eigenvalue weighted by Crippen LogP contribution is 2.31. The smallest absolute Gasteiger partial charge is 0.176 e. The van der Waals surface area contributed by atoms with E-state index < -0.39 is 0 Å². The molecule has 23 heavy (non-hydrogen) atoms. The average Bonchev–Trinajstić information content (AvgIpc) is 3.03. The molecule has 0 radical (unpaired) electrons. The van der Waals surface area contributed by atoms with Crippen LogP contribution in [0.3, 0.4) is 0 Å². The van der Waals surface area contributed by atoms with Crippen molar-refractivity contribution in [3.63, 3.8) is 0 Å². The van der Waals surface area contributed by atoms with E-state index in [-0.39, 0.29) is 6.10 Å². The van der Waals surface area contributed by atoms with Gasteiger partial charge >= 0.3 is 0 Å². The lowest BCUT2D eigenvalue weighted by atomic mass is 10.1. The molecular formula is C16H18N4OS2. The fourth-order valence-corrected chi connectivity index (χ4v) is 3.76. The van der Waals surface area contributed by atoms with Crippen molar-refractivity contribution < 1.29 is 4.74 Å². The number of anilines is 1. The maximum absolute atomic E-state index is 5.87. The quantitative estimate of drug-likeness (QED) is 0.653. The number of thioether (sulfide) groups is 1. The first-order valence-corrected chi connectivity index (χ1v) is 9.42. The van der Waals surface area contributed by atoms with Crippen molar-refractivity contribution in [3.05, 3.63) is 42.2 Å². The summed E-state index contributed by atoms with van der Waals surface area (Å²) in [5.41, 5.74) is 1.89. The lowest BCUT2D eigenvalue weighted by Crippen LogP contribution is -2.16. The number of hydrogen-bond donors (Lipinski definition) is 1. The SMILES string of the molecule is CCOC(CNc1ncnc2nc(SC)sc12)c1ccccc1. The lowest BCUT2D eigenvalue weighted by Gasteiger charge is -2.18. The number of rotatable bonds is 7. The van der Waals surface area contributed by atoms with Crippen LogP contribution < -0.4 is 5.32 Å². The van der Waals surface area contributed by atoms with Gasteiger partial charge in [-0.1, -0.05) is 42.1 Å². The molecule has 0 saturated carbocycles. The van der Waals surface area contributed by atoms with Gasteiger partial charge in [-0.2, -0.15) is 0 Å². The summed E-state index contributed by atoms with van der Waals surface area (Å²) in [5.74, 6) is 0.813. The third-order valence-electron chi connectivity index (χ3n) is 3.34. The van der Waals surface area contributed by atoms with Gasteiger partial charge in [0.2, 0.25) is 0 Å². The van der Waals surface area contributed by atoms with E-state index in [9.17, 15) is 0 Å². The van der Waals surface area contributed by atoms with Crippen molar-refractivity contribution in [1.29, 1.82) is 0 Å². The lowest BCUT2D eigenvalue weighted by molar-refractivity contribution is 0.0718. The molecule has 1 aromatic carbocycles. The maximum Gasteiger partial charge on any atom is 0.176 e. The Morgan fingerprint density at radius 2 is 2.09 bits per heavy atom. The molecular weight excluding hydrogens is 328 g/mol. The van der Waals surface area contributed by atoms with Crippen LogP contribution in [-0.2, 0) is 4.74 Å². The van der Waals surface area contributed by atoms with Crippen LogP contribution in [0.15, 0.2) is 41.0 Å². The molecule has 1 unspecified atom stereocenters. The molecule has 0 amide bonds. The summed E-state index contributed by atoms with van der Waals surface area (Å²) in [4.78, 5) is 13.1. The highest BCUT2D eigenvalue weighted by Gasteiger charge is 2.14. The third-order valence-corrected chi connectivity index (χ3v) is 5.38. The topological polar surface area (TPSA) is 59.9 Å². The monoisotopic (exact) mass is 346 g/mol. The summed E-state index contributed by atoms with van der Waals surface area (Å²) in [6, 6.07) is 10.2. The number of aromatic nitrogens is 3. The van der Waals surface area contributed by atoms with Gasteiger partial charge in [-0.3, -0.25) is 0 Å². The summed E-state index contributed by atoms with van der Waals surface area (Å²) in [6.07, 6.45) is 3.55. The van der Waals surface area contributed by atoms with Crippen LogP contribution >= 0.6 is 23.1 Å². The molecule has 5 nitrogen and oxygen atoms in total. The fourth-order valence-electron chi connectivity index (χ4n) is 2.28. The molecule has 0 saturated heterocycles. The predicted octanol–water partition coefficient (Wildman–Crippen LogP) is 4.00.